The molecular formula is C12H14O4. The molecule has 86 valence electrons. The van der Waals surface area contributed by atoms with E-state index in [1.807, 2.05) is 30.3 Å². The van der Waals surface area contributed by atoms with Crippen molar-refractivity contribution in [3.8, 4) is 0 Å². The number of ether oxygens (including phenoxy) is 1. The average molecular weight is 222 g/mol. The zero-order chi connectivity index (χ0) is 12.0. The van der Waals surface area contributed by atoms with Crippen LogP contribution in [-0.2, 0) is 20.9 Å². The summed E-state index contributed by atoms with van der Waals surface area (Å²) < 4.78 is 4.99. The van der Waals surface area contributed by atoms with Gasteiger partial charge in [0, 0.05) is 0 Å². The Morgan fingerprint density at radius 3 is 2.50 bits per heavy atom. The molecule has 0 aliphatic heterocycles. The van der Waals surface area contributed by atoms with Crippen molar-refractivity contribution >= 4 is 11.9 Å². The second kappa shape index (κ2) is 5.90. The topological polar surface area (TPSA) is 63.6 Å². The van der Waals surface area contributed by atoms with Crippen LogP contribution in [0.15, 0.2) is 30.3 Å². The predicted octanol–water partition coefficient (Wildman–Crippen LogP) is 1.84. The average Bonchev–Trinajstić information content (AvgIpc) is 2.26. The molecule has 0 heterocycles. The van der Waals surface area contributed by atoms with E-state index in [9.17, 15) is 9.59 Å². The molecule has 0 saturated carbocycles. The fourth-order valence-corrected chi connectivity index (χ4v) is 1.22. The van der Waals surface area contributed by atoms with Gasteiger partial charge in [-0.3, -0.25) is 9.59 Å². The van der Waals surface area contributed by atoms with E-state index in [1.54, 1.807) is 6.92 Å². The Morgan fingerprint density at radius 1 is 1.31 bits per heavy atom. The van der Waals surface area contributed by atoms with Crippen molar-refractivity contribution < 1.29 is 19.4 Å². The maximum absolute atomic E-state index is 11.4. The van der Waals surface area contributed by atoms with Crippen LogP contribution in [0.2, 0.25) is 0 Å². The van der Waals surface area contributed by atoms with Crippen LogP contribution in [0.1, 0.15) is 18.9 Å². The lowest BCUT2D eigenvalue weighted by atomic mass is 10.1. The van der Waals surface area contributed by atoms with E-state index >= 15 is 0 Å². The highest BCUT2D eigenvalue weighted by Crippen LogP contribution is 2.07. The van der Waals surface area contributed by atoms with Crippen LogP contribution < -0.4 is 0 Å². The zero-order valence-corrected chi connectivity index (χ0v) is 9.05. The largest absolute Gasteiger partial charge is 0.481 e. The van der Waals surface area contributed by atoms with Crippen LogP contribution in [-0.4, -0.2) is 17.0 Å². The molecule has 0 fully saturated rings. The number of hydrogen-bond acceptors (Lipinski definition) is 3. The van der Waals surface area contributed by atoms with Crippen molar-refractivity contribution in [3.63, 3.8) is 0 Å². The van der Waals surface area contributed by atoms with Gasteiger partial charge < -0.3 is 9.84 Å². The summed E-state index contributed by atoms with van der Waals surface area (Å²) in [5.74, 6) is -2.09. The van der Waals surface area contributed by atoms with Crippen molar-refractivity contribution in [2.75, 3.05) is 0 Å². The number of hydrogen-bond donors (Lipinski definition) is 1. The van der Waals surface area contributed by atoms with Crippen molar-refractivity contribution in [1.29, 1.82) is 0 Å². The molecule has 1 rings (SSSR count). The molecule has 4 nitrogen and oxygen atoms in total. The fraction of sp³-hybridized carbons (Fsp3) is 0.333. The highest BCUT2D eigenvalue weighted by atomic mass is 16.5. The lowest BCUT2D eigenvalue weighted by molar-refractivity contribution is -0.153. The van der Waals surface area contributed by atoms with Crippen LogP contribution >= 0.6 is 0 Å². The molecule has 0 bridgehead atoms. The second-order valence-corrected chi connectivity index (χ2v) is 3.59. The smallest absolute Gasteiger partial charge is 0.309 e. The van der Waals surface area contributed by atoms with E-state index in [-0.39, 0.29) is 13.0 Å². The third kappa shape index (κ3) is 4.13. The van der Waals surface area contributed by atoms with Gasteiger partial charge in [-0.15, -0.1) is 0 Å². The minimum Gasteiger partial charge on any atom is -0.481 e. The number of carboxylic acid groups (broad SMARTS) is 1. The van der Waals surface area contributed by atoms with Gasteiger partial charge in [-0.2, -0.15) is 0 Å². The van der Waals surface area contributed by atoms with Crippen molar-refractivity contribution in [3.05, 3.63) is 35.9 Å². The molecule has 0 aliphatic carbocycles. The summed E-state index contributed by atoms with van der Waals surface area (Å²) in [5.41, 5.74) is 0.887. The minimum atomic E-state index is -0.996. The lowest BCUT2D eigenvalue weighted by Crippen LogP contribution is -2.17. The van der Waals surface area contributed by atoms with E-state index in [4.69, 9.17) is 9.84 Å². The SMILES string of the molecule is C[C@H](CC(=O)O)C(=O)OCc1ccccc1. The van der Waals surface area contributed by atoms with Gasteiger partial charge in [-0.25, -0.2) is 0 Å². The van der Waals surface area contributed by atoms with Crippen LogP contribution in [0.4, 0.5) is 0 Å². The molecule has 16 heavy (non-hydrogen) atoms. The number of carbonyl (C=O) groups is 2. The van der Waals surface area contributed by atoms with E-state index in [1.165, 1.54) is 0 Å². The van der Waals surface area contributed by atoms with E-state index in [0.717, 1.165) is 5.56 Å². The fourth-order valence-electron chi connectivity index (χ4n) is 1.22. The third-order valence-electron chi connectivity index (χ3n) is 2.11. The molecule has 0 saturated heterocycles. The zero-order valence-electron chi connectivity index (χ0n) is 9.05. The van der Waals surface area contributed by atoms with Gasteiger partial charge in [-0.1, -0.05) is 37.3 Å². The predicted molar refractivity (Wildman–Crippen MR) is 57.7 cm³/mol. The molecule has 0 spiro atoms. The summed E-state index contributed by atoms with van der Waals surface area (Å²) in [7, 11) is 0. The quantitative estimate of drug-likeness (QED) is 0.772. The summed E-state index contributed by atoms with van der Waals surface area (Å²) in [4.78, 5) is 21.7. The molecule has 4 heteroatoms. The van der Waals surface area contributed by atoms with Crippen LogP contribution in [0.3, 0.4) is 0 Å². The standard InChI is InChI=1S/C12H14O4/c1-9(7-11(13)14)12(15)16-8-10-5-3-2-4-6-10/h2-6,9H,7-8H2,1H3,(H,13,14)/t9-/m1/s1. The van der Waals surface area contributed by atoms with Crippen molar-refractivity contribution in [2.45, 2.75) is 20.0 Å². The molecule has 0 radical (unpaired) electrons. The molecule has 0 aliphatic rings. The van der Waals surface area contributed by atoms with Crippen LogP contribution in [0, 0.1) is 5.92 Å². The number of carboxylic acids is 1. The highest BCUT2D eigenvalue weighted by molar-refractivity contribution is 5.78. The number of esters is 1. The third-order valence-corrected chi connectivity index (χ3v) is 2.11. The van der Waals surface area contributed by atoms with Gasteiger partial charge in [0.1, 0.15) is 6.61 Å². The number of aliphatic carboxylic acids is 1. The Bertz CT molecular complexity index is 359. The first-order valence-electron chi connectivity index (χ1n) is 5.02. The van der Waals surface area contributed by atoms with Crippen LogP contribution in [0.5, 0.6) is 0 Å². The molecule has 1 atom stereocenters. The van der Waals surface area contributed by atoms with E-state index in [0.29, 0.717) is 0 Å². The Morgan fingerprint density at radius 2 is 1.94 bits per heavy atom. The molecular weight excluding hydrogens is 208 g/mol. The Labute approximate surface area is 93.9 Å². The number of benzene rings is 1. The van der Waals surface area contributed by atoms with Gasteiger partial charge in [0.15, 0.2) is 0 Å². The lowest BCUT2D eigenvalue weighted by Gasteiger charge is -2.09. The van der Waals surface area contributed by atoms with Crippen molar-refractivity contribution in [2.24, 2.45) is 5.92 Å². The van der Waals surface area contributed by atoms with Gasteiger partial charge >= 0.3 is 11.9 Å². The monoisotopic (exact) mass is 222 g/mol. The Hall–Kier alpha value is -1.84. The van der Waals surface area contributed by atoms with Gasteiger partial charge in [0.05, 0.1) is 12.3 Å². The van der Waals surface area contributed by atoms with E-state index in [2.05, 4.69) is 0 Å². The normalized spacial score (nSPS) is 11.8. The highest BCUT2D eigenvalue weighted by Gasteiger charge is 2.17. The first kappa shape index (κ1) is 12.2. The summed E-state index contributed by atoms with van der Waals surface area (Å²) in [6.07, 6.45) is -0.201. The number of rotatable bonds is 5. The Kier molecular flexibility index (Phi) is 4.51. The first-order valence-corrected chi connectivity index (χ1v) is 5.02. The maximum Gasteiger partial charge on any atom is 0.309 e. The van der Waals surface area contributed by atoms with Gasteiger partial charge in [0.25, 0.3) is 0 Å². The van der Waals surface area contributed by atoms with Crippen LogP contribution in [0.25, 0.3) is 0 Å². The summed E-state index contributed by atoms with van der Waals surface area (Å²) in [5, 5.41) is 8.51. The summed E-state index contributed by atoms with van der Waals surface area (Å²) in [6.45, 7) is 1.73. The first-order chi connectivity index (χ1) is 7.59. The molecule has 0 amide bonds. The van der Waals surface area contributed by atoms with Crippen molar-refractivity contribution in [1.82, 2.24) is 0 Å². The van der Waals surface area contributed by atoms with E-state index < -0.39 is 17.9 Å². The Balaban J connectivity index is 2.38. The second-order valence-electron chi connectivity index (χ2n) is 3.59. The van der Waals surface area contributed by atoms with Gasteiger partial charge in [-0.05, 0) is 5.56 Å². The minimum absolute atomic E-state index is 0.184. The molecule has 1 N–H and O–H groups in total. The number of carbonyl (C=O) groups excluding carboxylic acids is 1. The molecule has 1 aromatic rings. The summed E-state index contributed by atoms with van der Waals surface area (Å²) >= 11 is 0. The summed E-state index contributed by atoms with van der Waals surface area (Å²) in [6, 6.07) is 9.26. The molecule has 0 unspecified atom stereocenters. The molecule has 0 aromatic heterocycles. The van der Waals surface area contributed by atoms with Gasteiger partial charge in [0.2, 0.25) is 0 Å². The maximum atomic E-state index is 11.4. The molecule has 1 aromatic carbocycles.